The Morgan fingerprint density at radius 3 is 2.75 bits per heavy atom. The van der Waals surface area contributed by atoms with Crippen LogP contribution in [0.4, 0.5) is 0 Å². The molecule has 0 unspecified atom stereocenters. The van der Waals surface area contributed by atoms with Crippen molar-refractivity contribution in [2.45, 2.75) is 25.4 Å². The fraction of sp³-hybridized carbons (Fsp3) is 0.368. The number of fused-ring (bicyclic) bond motifs is 4. The third-order valence-electron chi connectivity index (χ3n) is 5.05. The van der Waals surface area contributed by atoms with Gasteiger partial charge in [0.1, 0.15) is 0 Å². The van der Waals surface area contributed by atoms with Crippen LogP contribution < -0.4 is 10.9 Å². The predicted molar refractivity (Wildman–Crippen MR) is 99.0 cm³/mol. The largest absolute Gasteiger partial charge is 0.358 e. The van der Waals surface area contributed by atoms with Crippen molar-refractivity contribution in [2.24, 2.45) is 5.92 Å². The standard InChI is InChI=1S/C19H21N3OS/c23-18-8-4-7-17-16-9-15(12-22(17)18)11-21(13-16)19(24)20-10-14-5-2-1-3-6-14/h1-8,15-16H,9-13H2,(H,20,24)/t15-,16+/m1/s1. The van der Waals surface area contributed by atoms with E-state index >= 15 is 0 Å². The lowest BCUT2D eigenvalue weighted by Crippen LogP contribution is -2.51. The number of hydrogen-bond donors (Lipinski definition) is 1. The Hall–Kier alpha value is -2.14. The Kier molecular flexibility index (Phi) is 4.10. The van der Waals surface area contributed by atoms with E-state index in [0.717, 1.165) is 43.4 Å². The first kappa shape index (κ1) is 15.4. The molecule has 0 spiro atoms. The Balaban J connectivity index is 1.46. The maximum absolute atomic E-state index is 12.1. The predicted octanol–water partition coefficient (Wildman–Crippen LogP) is 2.34. The second kappa shape index (κ2) is 6.40. The summed E-state index contributed by atoms with van der Waals surface area (Å²) in [6.07, 6.45) is 1.15. The molecule has 24 heavy (non-hydrogen) atoms. The van der Waals surface area contributed by atoms with Crippen LogP contribution in [0.25, 0.3) is 0 Å². The van der Waals surface area contributed by atoms with Crippen LogP contribution in [0.1, 0.15) is 23.6 Å². The molecule has 2 aromatic rings. The van der Waals surface area contributed by atoms with E-state index in [1.54, 1.807) is 6.07 Å². The van der Waals surface area contributed by atoms with E-state index in [4.69, 9.17) is 12.2 Å². The average molecular weight is 339 g/mol. The Morgan fingerprint density at radius 1 is 1.08 bits per heavy atom. The van der Waals surface area contributed by atoms with Gasteiger partial charge < -0.3 is 14.8 Å². The molecule has 0 aliphatic carbocycles. The molecular weight excluding hydrogens is 318 g/mol. The van der Waals surface area contributed by atoms with Crippen LogP contribution in [-0.2, 0) is 13.1 Å². The van der Waals surface area contributed by atoms with Crippen LogP contribution in [0, 0.1) is 5.92 Å². The number of likely N-dealkylation sites (tertiary alicyclic amines) is 1. The first-order chi connectivity index (χ1) is 11.7. The summed E-state index contributed by atoms with van der Waals surface area (Å²) < 4.78 is 1.95. The highest BCUT2D eigenvalue weighted by Gasteiger charge is 2.35. The summed E-state index contributed by atoms with van der Waals surface area (Å²) in [6.45, 7) is 3.38. The third-order valence-corrected chi connectivity index (χ3v) is 5.46. The number of benzene rings is 1. The monoisotopic (exact) mass is 339 g/mol. The van der Waals surface area contributed by atoms with Crippen molar-refractivity contribution < 1.29 is 0 Å². The SMILES string of the molecule is O=c1cccc2n1C[C@@H]1C[C@H]2CN(C(=S)NCc2ccccc2)C1. The Morgan fingerprint density at radius 2 is 1.92 bits per heavy atom. The van der Waals surface area contributed by atoms with E-state index in [-0.39, 0.29) is 5.56 Å². The first-order valence-electron chi connectivity index (χ1n) is 8.47. The fourth-order valence-electron chi connectivity index (χ4n) is 3.95. The average Bonchev–Trinajstić information content (AvgIpc) is 2.61. The Bertz CT molecular complexity index is 802. The van der Waals surface area contributed by atoms with Gasteiger partial charge in [0, 0.05) is 43.9 Å². The second-order valence-electron chi connectivity index (χ2n) is 6.75. The van der Waals surface area contributed by atoms with E-state index in [1.807, 2.05) is 28.8 Å². The molecule has 1 aromatic carbocycles. The number of rotatable bonds is 2. The quantitative estimate of drug-likeness (QED) is 0.852. The number of aromatic nitrogens is 1. The maximum atomic E-state index is 12.1. The molecule has 2 aliphatic rings. The summed E-state index contributed by atoms with van der Waals surface area (Å²) in [5, 5.41) is 4.20. The maximum Gasteiger partial charge on any atom is 0.250 e. The first-order valence-corrected chi connectivity index (χ1v) is 8.88. The van der Waals surface area contributed by atoms with Crippen LogP contribution in [0.5, 0.6) is 0 Å². The van der Waals surface area contributed by atoms with Crippen LogP contribution in [-0.4, -0.2) is 27.7 Å². The minimum absolute atomic E-state index is 0.125. The summed E-state index contributed by atoms with van der Waals surface area (Å²) in [6, 6.07) is 15.9. The van der Waals surface area contributed by atoms with Gasteiger partial charge >= 0.3 is 0 Å². The van der Waals surface area contributed by atoms with E-state index < -0.39 is 0 Å². The molecule has 2 atom stereocenters. The van der Waals surface area contributed by atoms with Gasteiger partial charge in [0.05, 0.1) is 0 Å². The third kappa shape index (κ3) is 2.96. The highest BCUT2D eigenvalue weighted by molar-refractivity contribution is 7.80. The highest BCUT2D eigenvalue weighted by atomic mass is 32.1. The van der Waals surface area contributed by atoms with Gasteiger partial charge in [-0.25, -0.2) is 0 Å². The molecule has 0 radical (unpaired) electrons. The summed E-state index contributed by atoms with van der Waals surface area (Å²) in [7, 11) is 0. The van der Waals surface area contributed by atoms with Crippen molar-refractivity contribution in [1.29, 1.82) is 0 Å². The summed E-state index contributed by atoms with van der Waals surface area (Å²) in [4.78, 5) is 14.4. The molecule has 4 rings (SSSR count). The van der Waals surface area contributed by atoms with Gasteiger partial charge in [0.25, 0.3) is 5.56 Å². The zero-order valence-corrected chi connectivity index (χ0v) is 14.3. The summed E-state index contributed by atoms with van der Waals surface area (Å²) in [5.74, 6) is 0.885. The number of thiocarbonyl (C=S) groups is 1. The number of pyridine rings is 1. The van der Waals surface area contributed by atoms with Crippen LogP contribution >= 0.6 is 12.2 Å². The molecular formula is C19H21N3OS. The van der Waals surface area contributed by atoms with Gasteiger partial charge in [0.15, 0.2) is 5.11 Å². The van der Waals surface area contributed by atoms with E-state index in [1.165, 1.54) is 5.56 Å². The molecule has 1 saturated heterocycles. The molecule has 124 valence electrons. The zero-order valence-electron chi connectivity index (χ0n) is 13.5. The van der Waals surface area contributed by atoms with Crippen molar-refractivity contribution in [3.05, 3.63) is 70.1 Å². The van der Waals surface area contributed by atoms with Crippen molar-refractivity contribution in [3.63, 3.8) is 0 Å². The van der Waals surface area contributed by atoms with Gasteiger partial charge in [-0.2, -0.15) is 0 Å². The normalized spacial score (nSPS) is 21.9. The lowest BCUT2D eigenvalue weighted by molar-refractivity contribution is 0.177. The Labute approximate surface area is 147 Å². The second-order valence-corrected chi connectivity index (χ2v) is 7.13. The van der Waals surface area contributed by atoms with E-state index in [9.17, 15) is 4.79 Å². The minimum Gasteiger partial charge on any atom is -0.358 e. The minimum atomic E-state index is 0.125. The number of piperidine rings is 1. The van der Waals surface area contributed by atoms with Gasteiger partial charge in [0.2, 0.25) is 0 Å². The number of nitrogens with one attached hydrogen (secondary N) is 1. The molecule has 2 aliphatic heterocycles. The molecule has 1 N–H and O–H groups in total. The van der Waals surface area contributed by atoms with Gasteiger partial charge in [-0.3, -0.25) is 4.79 Å². The summed E-state index contributed by atoms with van der Waals surface area (Å²) in [5.41, 5.74) is 2.52. The summed E-state index contributed by atoms with van der Waals surface area (Å²) >= 11 is 5.62. The van der Waals surface area contributed by atoms with E-state index in [0.29, 0.717) is 11.8 Å². The van der Waals surface area contributed by atoms with Crippen LogP contribution in [0.3, 0.4) is 0 Å². The molecule has 3 heterocycles. The molecule has 5 heteroatoms. The van der Waals surface area contributed by atoms with Crippen molar-refractivity contribution >= 4 is 17.3 Å². The lowest BCUT2D eigenvalue weighted by atomic mass is 9.83. The topological polar surface area (TPSA) is 37.3 Å². The van der Waals surface area contributed by atoms with E-state index in [2.05, 4.69) is 28.4 Å². The van der Waals surface area contributed by atoms with Crippen molar-refractivity contribution in [2.75, 3.05) is 13.1 Å². The molecule has 4 nitrogen and oxygen atoms in total. The number of hydrogen-bond acceptors (Lipinski definition) is 2. The van der Waals surface area contributed by atoms with Crippen LogP contribution in [0.2, 0.25) is 0 Å². The smallest absolute Gasteiger partial charge is 0.250 e. The molecule has 2 bridgehead atoms. The van der Waals surface area contributed by atoms with Crippen molar-refractivity contribution in [1.82, 2.24) is 14.8 Å². The lowest BCUT2D eigenvalue weighted by Gasteiger charge is -2.43. The van der Waals surface area contributed by atoms with Gasteiger partial charge in [-0.1, -0.05) is 36.4 Å². The molecule has 0 amide bonds. The van der Waals surface area contributed by atoms with Gasteiger partial charge in [-0.15, -0.1) is 0 Å². The highest BCUT2D eigenvalue weighted by Crippen LogP contribution is 2.34. The van der Waals surface area contributed by atoms with Crippen molar-refractivity contribution in [3.8, 4) is 0 Å². The van der Waals surface area contributed by atoms with Crippen LogP contribution in [0.15, 0.2) is 53.3 Å². The molecule has 1 aromatic heterocycles. The van der Waals surface area contributed by atoms with Gasteiger partial charge in [-0.05, 0) is 36.2 Å². The zero-order chi connectivity index (χ0) is 16.5. The molecule has 1 fully saturated rings. The number of nitrogens with zero attached hydrogens (tertiary/aromatic N) is 2. The molecule has 0 saturated carbocycles. The fourth-order valence-corrected chi connectivity index (χ4v) is 4.17.